The molecule has 31 heavy (non-hydrogen) atoms. The molecule has 4 unspecified atom stereocenters. The Kier molecular flexibility index (Phi) is 12.2. The average molecular weight is 462 g/mol. The third-order valence-electron chi connectivity index (χ3n) is 5.28. The first-order valence-corrected chi connectivity index (χ1v) is 9.60. The number of carbonyl (C=O) groups excluding carboxylic acids is 8. The molecule has 0 bridgehead atoms. The van der Waals surface area contributed by atoms with Gasteiger partial charge in [-0.3, -0.25) is 28.8 Å². The molecular weight excluding hydrogens is 440 g/mol. The number of carboxylic acids is 2. The molecule has 2 aliphatic rings. The van der Waals surface area contributed by atoms with Crippen molar-refractivity contribution < 1.29 is 48.6 Å². The average Bonchev–Trinajstić information content (AvgIpc) is 2.70. The molecule has 0 spiro atoms. The SMILES string of the molecule is CCC(=O)C1CCC(C(=O)[O-])C(=O)C1=O.CCC(=O)C1CCC(C(=O)[O-])C(=O)C1=O.[Ca+2]. The van der Waals surface area contributed by atoms with Gasteiger partial charge in [-0.1, -0.05) is 13.8 Å². The number of ketones is 6. The zero-order chi connectivity index (χ0) is 23.2. The van der Waals surface area contributed by atoms with E-state index in [0.29, 0.717) is 0 Å². The van der Waals surface area contributed by atoms with E-state index < -0.39 is 58.7 Å². The second-order valence-corrected chi connectivity index (χ2v) is 7.10. The van der Waals surface area contributed by atoms with E-state index in [0.717, 1.165) is 0 Å². The molecule has 0 aromatic rings. The largest absolute Gasteiger partial charge is 2.00 e. The van der Waals surface area contributed by atoms with Crippen molar-refractivity contribution in [3.63, 3.8) is 0 Å². The van der Waals surface area contributed by atoms with Gasteiger partial charge >= 0.3 is 37.7 Å². The van der Waals surface area contributed by atoms with Crippen molar-refractivity contribution in [2.75, 3.05) is 0 Å². The van der Waals surface area contributed by atoms with E-state index in [1.807, 2.05) is 0 Å². The van der Waals surface area contributed by atoms with Crippen LogP contribution in [0.3, 0.4) is 0 Å². The van der Waals surface area contributed by atoms with Crippen LogP contribution in [0.4, 0.5) is 0 Å². The summed E-state index contributed by atoms with van der Waals surface area (Å²) in [5.41, 5.74) is 0. The summed E-state index contributed by atoms with van der Waals surface area (Å²) in [4.78, 5) is 88.8. The molecule has 10 nitrogen and oxygen atoms in total. The number of Topliss-reactive ketones (excluding diaryl/α,β-unsaturated/α-hetero) is 6. The van der Waals surface area contributed by atoms with E-state index in [-0.39, 0.29) is 87.8 Å². The van der Waals surface area contributed by atoms with Gasteiger partial charge in [-0.05, 0) is 25.7 Å². The Morgan fingerprint density at radius 3 is 1.06 bits per heavy atom. The van der Waals surface area contributed by atoms with E-state index in [4.69, 9.17) is 0 Å². The number of hydrogen-bond acceptors (Lipinski definition) is 10. The normalized spacial score (nSPS) is 25.6. The number of rotatable bonds is 6. The molecule has 2 fully saturated rings. The molecule has 2 saturated carbocycles. The standard InChI is InChI=1S/2C10H12O5.Ca/c2*1-2-7(11)5-3-4-6(10(14)15)9(13)8(5)12;/h2*5-6H,2-4H2,1H3,(H,14,15);/q;;+2/p-2. The van der Waals surface area contributed by atoms with Gasteiger partial charge in [0, 0.05) is 12.8 Å². The van der Waals surface area contributed by atoms with E-state index in [1.165, 1.54) is 0 Å². The molecule has 4 atom stereocenters. The molecule has 2 rings (SSSR count). The Balaban J connectivity index is 0.000000562. The molecule has 11 heteroatoms. The fourth-order valence-corrected chi connectivity index (χ4v) is 3.43. The van der Waals surface area contributed by atoms with E-state index in [2.05, 4.69) is 0 Å². The van der Waals surface area contributed by atoms with Gasteiger partial charge in [-0.25, -0.2) is 0 Å². The molecule has 0 aromatic heterocycles. The molecule has 0 radical (unpaired) electrons. The van der Waals surface area contributed by atoms with Crippen LogP contribution in [0.25, 0.3) is 0 Å². The molecule has 0 N–H and O–H groups in total. The zero-order valence-corrected chi connectivity index (χ0v) is 19.6. The zero-order valence-electron chi connectivity index (χ0n) is 17.3. The Morgan fingerprint density at radius 2 is 0.839 bits per heavy atom. The maximum Gasteiger partial charge on any atom is 2.00 e. The molecule has 0 aromatic carbocycles. The first-order chi connectivity index (χ1) is 14.0. The van der Waals surface area contributed by atoms with Gasteiger partial charge in [-0.2, -0.15) is 0 Å². The van der Waals surface area contributed by atoms with Crippen molar-refractivity contribution in [3.05, 3.63) is 0 Å². The fraction of sp³-hybridized carbons (Fsp3) is 0.600. The Bertz CT molecular complexity index is 734. The van der Waals surface area contributed by atoms with Crippen LogP contribution in [0.15, 0.2) is 0 Å². The third kappa shape index (κ3) is 7.11. The summed E-state index contributed by atoms with van der Waals surface area (Å²) in [6, 6.07) is 0. The van der Waals surface area contributed by atoms with E-state index in [9.17, 15) is 48.6 Å². The second kappa shape index (κ2) is 12.9. The fourth-order valence-electron chi connectivity index (χ4n) is 3.43. The van der Waals surface area contributed by atoms with Gasteiger partial charge < -0.3 is 19.8 Å². The molecule has 2 aliphatic carbocycles. The van der Waals surface area contributed by atoms with Crippen LogP contribution < -0.4 is 10.2 Å². The number of carboxylic acid groups (broad SMARTS) is 2. The van der Waals surface area contributed by atoms with Gasteiger partial charge in [0.15, 0.2) is 0 Å². The van der Waals surface area contributed by atoms with Crippen molar-refractivity contribution >= 4 is 84.4 Å². The van der Waals surface area contributed by atoms with Crippen molar-refractivity contribution in [3.8, 4) is 0 Å². The minimum atomic E-state index is -1.53. The van der Waals surface area contributed by atoms with Crippen LogP contribution >= 0.6 is 0 Å². The number of aliphatic carboxylic acids is 2. The second-order valence-electron chi connectivity index (χ2n) is 7.10. The first-order valence-electron chi connectivity index (χ1n) is 9.60. The van der Waals surface area contributed by atoms with Crippen LogP contribution in [0, 0.1) is 23.7 Å². The number of hydrogen-bond donors (Lipinski definition) is 0. The third-order valence-corrected chi connectivity index (χ3v) is 5.28. The summed E-state index contributed by atoms with van der Waals surface area (Å²) < 4.78 is 0. The minimum absolute atomic E-state index is 0. The Morgan fingerprint density at radius 1 is 0.613 bits per heavy atom. The first kappa shape index (κ1) is 29.2. The van der Waals surface area contributed by atoms with E-state index in [1.54, 1.807) is 13.8 Å². The molecule has 0 saturated heterocycles. The summed E-state index contributed by atoms with van der Waals surface area (Å²) in [5.74, 6) is -12.0. The van der Waals surface area contributed by atoms with Gasteiger partial charge in [-0.15, -0.1) is 0 Å². The summed E-state index contributed by atoms with van der Waals surface area (Å²) >= 11 is 0. The Hall–Kier alpha value is -1.78. The summed E-state index contributed by atoms with van der Waals surface area (Å²) in [6.07, 6.45) is 0.664. The smallest absolute Gasteiger partial charge is 0.549 e. The monoisotopic (exact) mass is 462 g/mol. The maximum absolute atomic E-state index is 11.4. The van der Waals surface area contributed by atoms with Gasteiger partial charge in [0.2, 0.25) is 23.1 Å². The molecule has 0 amide bonds. The summed E-state index contributed by atoms with van der Waals surface area (Å²) in [7, 11) is 0. The van der Waals surface area contributed by atoms with Gasteiger partial charge in [0.25, 0.3) is 0 Å². The van der Waals surface area contributed by atoms with Crippen molar-refractivity contribution in [1.82, 2.24) is 0 Å². The van der Waals surface area contributed by atoms with Crippen LogP contribution in [0.5, 0.6) is 0 Å². The maximum atomic E-state index is 11.4. The minimum Gasteiger partial charge on any atom is -0.549 e. The van der Waals surface area contributed by atoms with Crippen molar-refractivity contribution in [1.29, 1.82) is 0 Å². The van der Waals surface area contributed by atoms with Crippen molar-refractivity contribution in [2.45, 2.75) is 52.4 Å². The predicted octanol–water partition coefficient (Wildman–Crippen LogP) is -2.62. The van der Waals surface area contributed by atoms with Crippen molar-refractivity contribution in [2.24, 2.45) is 23.7 Å². The summed E-state index contributed by atoms with van der Waals surface area (Å²) in [5, 5.41) is 21.0. The van der Waals surface area contributed by atoms with Crippen LogP contribution in [-0.2, 0) is 38.4 Å². The number of carbonyl (C=O) groups is 8. The Labute approximate surface area is 208 Å². The van der Waals surface area contributed by atoms with Crippen LogP contribution in [0.2, 0.25) is 0 Å². The van der Waals surface area contributed by atoms with Gasteiger partial charge in [0.1, 0.15) is 11.6 Å². The van der Waals surface area contributed by atoms with Crippen LogP contribution in [-0.4, -0.2) is 84.4 Å². The van der Waals surface area contributed by atoms with E-state index >= 15 is 0 Å². The molecular formula is C20H22CaO10. The molecule has 0 aliphatic heterocycles. The molecule has 164 valence electrons. The molecule has 0 heterocycles. The predicted molar refractivity (Wildman–Crippen MR) is 98.8 cm³/mol. The topological polar surface area (TPSA) is 183 Å². The van der Waals surface area contributed by atoms with Gasteiger partial charge in [0.05, 0.1) is 35.6 Å². The quantitative estimate of drug-likeness (QED) is 0.230. The van der Waals surface area contributed by atoms with Crippen LogP contribution in [0.1, 0.15) is 52.4 Å². The summed E-state index contributed by atoms with van der Waals surface area (Å²) in [6.45, 7) is 3.20.